The fourth-order valence-corrected chi connectivity index (χ4v) is 2.71. The lowest BCUT2D eigenvalue weighted by Gasteiger charge is -2.08. The summed E-state index contributed by atoms with van der Waals surface area (Å²) in [5.74, 6) is 1.19. The van der Waals surface area contributed by atoms with Gasteiger partial charge < -0.3 is 10.1 Å². The lowest BCUT2D eigenvalue weighted by Crippen LogP contribution is -2.30. The van der Waals surface area contributed by atoms with Crippen molar-refractivity contribution in [3.63, 3.8) is 0 Å². The van der Waals surface area contributed by atoms with E-state index in [1.54, 1.807) is 23.9 Å². The van der Waals surface area contributed by atoms with E-state index in [1.165, 1.54) is 10.5 Å². The fraction of sp³-hybridized carbons (Fsp3) is 0.235. The van der Waals surface area contributed by atoms with Crippen LogP contribution in [-0.2, 0) is 4.79 Å². The predicted octanol–water partition coefficient (Wildman–Crippen LogP) is 3.94. The molecule has 0 unspecified atom stereocenters. The van der Waals surface area contributed by atoms with Gasteiger partial charge in [-0.25, -0.2) is 0 Å². The highest BCUT2D eigenvalue weighted by Crippen LogP contribution is 2.22. The number of thioether (sulfide) groups is 1. The molecule has 2 aromatic rings. The maximum absolute atomic E-state index is 11.7. The Kier molecular flexibility index (Phi) is 6.62. The van der Waals surface area contributed by atoms with Gasteiger partial charge >= 0.3 is 0 Å². The molecule has 0 saturated heterocycles. The molecule has 0 bridgehead atoms. The minimum atomic E-state index is -0.149. The predicted molar refractivity (Wildman–Crippen MR) is 91.9 cm³/mol. The second-order valence-electron chi connectivity index (χ2n) is 4.73. The van der Waals surface area contributed by atoms with Crippen LogP contribution in [0.15, 0.2) is 53.4 Å². The molecule has 0 saturated carbocycles. The summed E-state index contributed by atoms with van der Waals surface area (Å²) in [6.45, 7) is 2.63. The number of hydrogen-bond donors (Lipinski definition) is 1. The molecule has 1 amide bonds. The molecule has 2 rings (SSSR count). The molecule has 116 valence electrons. The number of para-hydroxylation sites is 1. The van der Waals surface area contributed by atoms with Gasteiger partial charge in [0.15, 0.2) is 6.61 Å². The first kappa shape index (κ1) is 16.7. The van der Waals surface area contributed by atoms with Crippen molar-refractivity contribution < 1.29 is 9.53 Å². The van der Waals surface area contributed by atoms with Gasteiger partial charge in [0.25, 0.3) is 5.91 Å². The van der Waals surface area contributed by atoms with Crippen molar-refractivity contribution in [2.75, 3.05) is 18.9 Å². The zero-order valence-electron chi connectivity index (χ0n) is 12.3. The third-order valence-electron chi connectivity index (χ3n) is 2.91. The van der Waals surface area contributed by atoms with Crippen LogP contribution in [0.5, 0.6) is 5.75 Å². The molecule has 0 aliphatic rings. The Hall–Kier alpha value is -1.65. The molecule has 0 spiro atoms. The normalized spacial score (nSPS) is 10.3. The van der Waals surface area contributed by atoms with Crippen molar-refractivity contribution in [1.29, 1.82) is 0 Å². The molecular formula is C17H18ClNO2S. The van der Waals surface area contributed by atoms with E-state index in [2.05, 4.69) is 36.5 Å². The van der Waals surface area contributed by atoms with Crippen molar-refractivity contribution in [2.45, 2.75) is 11.8 Å². The van der Waals surface area contributed by atoms with Crippen molar-refractivity contribution in [3.05, 3.63) is 59.1 Å². The number of aryl methyl sites for hydroxylation is 1. The number of ether oxygens (including phenoxy) is 1. The highest BCUT2D eigenvalue weighted by Gasteiger charge is 2.04. The maximum Gasteiger partial charge on any atom is 0.257 e. The molecule has 0 aliphatic carbocycles. The SMILES string of the molecule is Cc1ccc(SCCNC(=O)COc2ccccc2Cl)cc1. The van der Waals surface area contributed by atoms with Crippen LogP contribution < -0.4 is 10.1 Å². The van der Waals surface area contributed by atoms with Crippen LogP contribution in [0.3, 0.4) is 0 Å². The first-order valence-electron chi connectivity index (χ1n) is 6.98. The number of carbonyl (C=O) groups excluding carboxylic acids is 1. The van der Waals surface area contributed by atoms with Gasteiger partial charge in [0, 0.05) is 17.2 Å². The van der Waals surface area contributed by atoms with E-state index in [0.29, 0.717) is 17.3 Å². The summed E-state index contributed by atoms with van der Waals surface area (Å²) in [7, 11) is 0. The van der Waals surface area contributed by atoms with E-state index in [9.17, 15) is 4.79 Å². The molecule has 5 heteroatoms. The third kappa shape index (κ3) is 5.62. The van der Waals surface area contributed by atoms with Crippen LogP contribution in [0.2, 0.25) is 5.02 Å². The van der Waals surface area contributed by atoms with E-state index in [-0.39, 0.29) is 12.5 Å². The van der Waals surface area contributed by atoms with Crippen LogP contribution in [0.4, 0.5) is 0 Å². The Labute approximate surface area is 140 Å². The molecule has 0 radical (unpaired) electrons. The highest BCUT2D eigenvalue weighted by molar-refractivity contribution is 7.99. The van der Waals surface area contributed by atoms with E-state index in [4.69, 9.17) is 16.3 Å². The van der Waals surface area contributed by atoms with Gasteiger partial charge in [-0.15, -0.1) is 11.8 Å². The number of nitrogens with one attached hydrogen (secondary N) is 1. The van der Waals surface area contributed by atoms with Gasteiger partial charge in [0.05, 0.1) is 5.02 Å². The number of carbonyl (C=O) groups is 1. The van der Waals surface area contributed by atoms with Crippen LogP contribution >= 0.6 is 23.4 Å². The first-order valence-corrected chi connectivity index (χ1v) is 8.35. The smallest absolute Gasteiger partial charge is 0.257 e. The maximum atomic E-state index is 11.7. The Morgan fingerprint density at radius 3 is 2.64 bits per heavy atom. The summed E-state index contributed by atoms with van der Waals surface area (Å²) < 4.78 is 5.38. The molecular weight excluding hydrogens is 318 g/mol. The molecule has 0 heterocycles. The Balaban J connectivity index is 1.64. The van der Waals surface area contributed by atoms with Crippen LogP contribution in [0.25, 0.3) is 0 Å². The quantitative estimate of drug-likeness (QED) is 0.615. The Bertz CT molecular complexity index is 616. The zero-order valence-corrected chi connectivity index (χ0v) is 13.9. The molecule has 2 aromatic carbocycles. The summed E-state index contributed by atoms with van der Waals surface area (Å²) in [6, 6.07) is 15.4. The van der Waals surface area contributed by atoms with Crippen molar-refractivity contribution in [3.8, 4) is 5.75 Å². The van der Waals surface area contributed by atoms with E-state index >= 15 is 0 Å². The molecule has 3 nitrogen and oxygen atoms in total. The number of hydrogen-bond acceptors (Lipinski definition) is 3. The van der Waals surface area contributed by atoms with Gasteiger partial charge in [-0.3, -0.25) is 4.79 Å². The average molecular weight is 336 g/mol. The summed E-state index contributed by atoms with van der Waals surface area (Å²) in [5, 5.41) is 3.33. The van der Waals surface area contributed by atoms with E-state index in [0.717, 1.165) is 5.75 Å². The van der Waals surface area contributed by atoms with Crippen LogP contribution in [0.1, 0.15) is 5.56 Å². The molecule has 0 aliphatic heterocycles. The average Bonchev–Trinajstić information content (AvgIpc) is 2.52. The molecule has 0 fully saturated rings. The fourth-order valence-electron chi connectivity index (χ4n) is 1.75. The summed E-state index contributed by atoms with van der Waals surface area (Å²) in [5.41, 5.74) is 1.24. The molecule has 1 N–H and O–H groups in total. The van der Waals surface area contributed by atoms with E-state index < -0.39 is 0 Å². The van der Waals surface area contributed by atoms with Gasteiger partial charge in [0.1, 0.15) is 5.75 Å². The Morgan fingerprint density at radius 1 is 1.18 bits per heavy atom. The van der Waals surface area contributed by atoms with Gasteiger partial charge in [-0.05, 0) is 31.2 Å². The zero-order chi connectivity index (χ0) is 15.8. The highest BCUT2D eigenvalue weighted by atomic mass is 35.5. The topological polar surface area (TPSA) is 38.3 Å². The van der Waals surface area contributed by atoms with Gasteiger partial charge in [-0.2, -0.15) is 0 Å². The van der Waals surface area contributed by atoms with Crippen LogP contribution in [-0.4, -0.2) is 24.8 Å². The number of benzene rings is 2. The van der Waals surface area contributed by atoms with Gasteiger partial charge in [-0.1, -0.05) is 41.4 Å². The summed E-state index contributed by atoms with van der Waals surface area (Å²) >= 11 is 7.66. The van der Waals surface area contributed by atoms with Crippen molar-refractivity contribution in [1.82, 2.24) is 5.32 Å². The van der Waals surface area contributed by atoms with Crippen LogP contribution in [0, 0.1) is 6.92 Å². The van der Waals surface area contributed by atoms with Crippen molar-refractivity contribution in [2.24, 2.45) is 0 Å². The Morgan fingerprint density at radius 2 is 1.91 bits per heavy atom. The minimum absolute atomic E-state index is 0.0288. The van der Waals surface area contributed by atoms with E-state index in [1.807, 2.05) is 12.1 Å². The molecule has 22 heavy (non-hydrogen) atoms. The monoisotopic (exact) mass is 335 g/mol. The first-order chi connectivity index (χ1) is 10.6. The third-order valence-corrected chi connectivity index (χ3v) is 4.24. The summed E-state index contributed by atoms with van der Waals surface area (Å²) in [4.78, 5) is 12.9. The molecule has 0 aromatic heterocycles. The second kappa shape index (κ2) is 8.71. The van der Waals surface area contributed by atoms with Gasteiger partial charge in [0.2, 0.25) is 0 Å². The molecule has 0 atom stereocenters. The minimum Gasteiger partial charge on any atom is -0.482 e. The standard InChI is InChI=1S/C17H18ClNO2S/c1-13-6-8-14(9-7-13)22-11-10-19-17(20)12-21-16-5-3-2-4-15(16)18/h2-9H,10-12H2,1H3,(H,19,20). The van der Waals surface area contributed by atoms with Crippen molar-refractivity contribution >= 4 is 29.3 Å². The summed E-state index contributed by atoms with van der Waals surface area (Å²) in [6.07, 6.45) is 0. The number of halogens is 1. The largest absolute Gasteiger partial charge is 0.482 e. The number of rotatable bonds is 7. The number of amides is 1. The lowest BCUT2D eigenvalue weighted by atomic mass is 10.2. The second-order valence-corrected chi connectivity index (χ2v) is 6.31. The lowest BCUT2D eigenvalue weighted by molar-refractivity contribution is -0.122.